The lowest BCUT2D eigenvalue weighted by Crippen LogP contribution is -2.44. The summed E-state index contributed by atoms with van der Waals surface area (Å²) in [5, 5.41) is 7.01. The zero-order valence-corrected chi connectivity index (χ0v) is 12.6. The Hall–Kier alpha value is -1.10. The zero-order chi connectivity index (χ0) is 14.5. The molecule has 0 spiro atoms. The topological polar surface area (TPSA) is 50.4 Å². The normalized spacial score (nSPS) is 23.6. The number of hydrogen-bond acceptors (Lipinski definition) is 3. The number of rotatable bonds is 5. The van der Waals surface area contributed by atoms with Gasteiger partial charge in [-0.15, -0.1) is 0 Å². The summed E-state index contributed by atoms with van der Waals surface area (Å²) < 4.78 is 5.41. The van der Waals surface area contributed by atoms with Crippen LogP contribution in [0.5, 0.6) is 0 Å². The van der Waals surface area contributed by atoms with Gasteiger partial charge >= 0.3 is 0 Å². The summed E-state index contributed by atoms with van der Waals surface area (Å²) in [5.74, 6) is -0.0995. The standard InChI is InChI=1S/C15H21ClN2O2/c1-3-17-14-9-20-8-13(14)15(19)18-10(2)11-5-4-6-12(16)7-11/h4-7,10,13-14,17H,3,8-9H2,1-2H3,(H,18,19)/t10-,13?,14?/m0/s1. The van der Waals surface area contributed by atoms with Crippen molar-refractivity contribution in [3.63, 3.8) is 0 Å². The van der Waals surface area contributed by atoms with Crippen LogP contribution in [0.1, 0.15) is 25.5 Å². The van der Waals surface area contributed by atoms with Crippen molar-refractivity contribution in [3.8, 4) is 0 Å². The molecule has 1 amide bonds. The van der Waals surface area contributed by atoms with Crippen molar-refractivity contribution >= 4 is 17.5 Å². The number of hydrogen-bond donors (Lipinski definition) is 2. The minimum absolute atomic E-state index is 0.0286. The lowest BCUT2D eigenvalue weighted by molar-refractivity contribution is -0.126. The summed E-state index contributed by atoms with van der Waals surface area (Å²) in [7, 11) is 0. The van der Waals surface area contributed by atoms with E-state index in [4.69, 9.17) is 16.3 Å². The van der Waals surface area contributed by atoms with Gasteiger partial charge in [-0.25, -0.2) is 0 Å². The molecule has 1 fully saturated rings. The van der Waals surface area contributed by atoms with Gasteiger partial charge in [0.25, 0.3) is 0 Å². The SMILES string of the molecule is CCNC1COCC1C(=O)N[C@@H](C)c1cccc(Cl)c1. The van der Waals surface area contributed by atoms with Crippen LogP contribution in [0, 0.1) is 5.92 Å². The lowest BCUT2D eigenvalue weighted by atomic mass is 10.0. The monoisotopic (exact) mass is 296 g/mol. The quantitative estimate of drug-likeness (QED) is 0.875. The molecule has 0 radical (unpaired) electrons. The van der Waals surface area contributed by atoms with Crippen molar-refractivity contribution < 1.29 is 9.53 Å². The molecular weight excluding hydrogens is 276 g/mol. The Kier molecular flexibility index (Phi) is 5.40. The Morgan fingerprint density at radius 3 is 3.00 bits per heavy atom. The highest BCUT2D eigenvalue weighted by atomic mass is 35.5. The Bertz CT molecular complexity index is 467. The average Bonchev–Trinajstić information content (AvgIpc) is 2.87. The fraction of sp³-hybridized carbons (Fsp3) is 0.533. The largest absolute Gasteiger partial charge is 0.379 e. The van der Waals surface area contributed by atoms with Crippen LogP contribution in [0.4, 0.5) is 0 Å². The van der Waals surface area contributed by atoms with Crippen LogP contribution < -0.4 is 10.6 Å². The van der Waals surface area contributed by atoms with Crippen LogP contribution in [-0.4, -0.2) is 31.7 Å². The number of ether oxygens (including phenoxy) is 1. The molecule has 4 nitrogen and oxygen atoms in total. The third-order valence-electron chi connectivity index (χ3n) is 3.59. The maximum Gasteiger partial charge on any atom is 0.227 e. The molecule has 20 heavy (non-hydrogen) atoms. The van der Waals surface area contributed by atoms with E-state index in [1.54, 1.807) is 0 Å². The number of carbonyl (C=O) groups excluding carboxylic acids is 1. The minimum atomic E-state index is -0.128. The van der Waals surface area contributed by atoms with Gasteiger partial charge in [0.05, 0.1) is 25.2 Å². The highest BCUT2D eigenvalue weighted by Crippen LogP contribution is 2.19. The van der Waals surface area contributed by atoms with Gasteiger partial charge < -0.3 is 15.4 Å². The van der Waals surface area contributed by atoms with Crippen molar-refractivity contribution in [2.45, 2.75) is 25.9 Å². The third kappa shape index (κ3) is 3.72. The molecule has 1 heterocycles. The predicted molar refractivity (Wildman–Crippen MR) is 79.8 cm³/mol. The van der Waals surface area contributed by atoms with E-state index < -0.39 is 0 Å². The minimum Gasteiger partial charge on any atom is -0.379 e. The second kappa shape index (κ2) is 7.07. The van der Waals surface area contributed by atoms with E-state index in [1.807, 2.05) is 38.1 Å². The Morgan fingerprint density at radius 2 is 2.30 bits per heavy atom. The number of benzene rings is 1. The smallest absolute Gasteiger partial charge is 0.227 e. The molecule has 0 aliphatic carbocycles. The van der Waals surface area contributed by atoms with E-state index in [0.717, 1.165) is 12.1 Å². The first-order valence-electron chi connectivity index (χ1n) is 6.98. The summed E-state index contributed by atoms with van der Waals surface area (Å²) >= 11 is 5.97. The first-order valence-corrected chi connectivity index (χ1v) is 7.36. The fourth-order valence-corrected chi connectivity index (χ4v) is 2.65. The van der Waals surface area contributed by atoms with Crippen molar-refractivity contribution in [2.24, 2.45) is 5.92 Å². The van der Waals surface area contributed by atoms with Crippen LogP contribution in [0.25, 0.3) is 0 Å². The summed E-state index contributed by atoms with van der Waals surface area (Å²) in [6.07, 6.45) is 0. The summed E-state index contributed by atoms with van der Waals surface area (Å²) in [4.78, 5) is 12.3. The molecule has 2 N–H and O–H groups in total. The van der Waals surface area contributed by atoms with Crippen LogP contribution >= 0.6 is 11.6 Å². The van der Waals surface area contributed by atoms with Gasteiger partial charge in [-0.1, -0.05) is 30.7 Å². The van der Waals surface area contributed by atoms with Gasteiger partial charge in [-0.05, 0) is 31.2 Å². The van der Waals surface area contributed by atoms with E-state index in [1.165, 1.54) is 0 Å². The molecule has 3 atom stereocenters. The molecular formula is C15H21ClN2O2. The highest BCUT2D eigenvalue weighted by molar-refractivity contribution is 6.30. The Balaban J connectivity index is 1.97. The zero-order valence-electron chi connectivity index (χ0n) is 11.9. The maximum absolute atomic E-state index is 12.3. The predicted octanol–water partition coefficient (Wildman–Crippen LogP) is 2.14. The lowest BCUT2D eigenvalue weighted by Gasteiger charge is -2.21. The van der Waals surface area contributed by atoms with Crippen molar-refractivity contribution in [1.29, 1.82) is 0 Å². The third-order valence-corrected chi connectivity index (χ3v) is 3.83. The first kappa shape index (κ1) is 15.3. The van der Waals surface area contributed by atoms with E-state index in [9.17, 15) is 4.79 Å². The first-order chi connectivity index (χ1) is 9.61. The molecule has 1 aromatic carbocycles. The molecule has 1 aliphatic heterocycles. The Morgan fingerprint density at radius 1 is 1.50 bits per heavy atom. The molecule has 5 heteroatoms. The molecule has 1 aliphatic rings. The van der Waals surface area contributed by atoms with E-state index in [0.29, 0.717) is 18.2 Å². The van der Waals surface area contributed by atoms with Gasteiger partial charge in [-0.3, -0.25) is 4.79 Å². The summed E-state index contributed by atoms with van der Waals surface area (Å²) in [5.41, 5.74) is 1.00. The second-order valence-electron chi connectivity index (χ2n) is 5.09. The number of halogens is 1. The number of carbonyl (C=O) groups is 1. The van der Waals surface area contributed by atoms with Crippen molar-refractivity contribution in [2.75, 3.05) is 19.8 Å². The van der Waals surface area contributed by atoms with Gasteiger partial charge in [0.2, 0.25) is 5.91 Å². The molecule has 2 unspecified atom stereocenters. The maximum atomic E-state index is 12.3. The van der Waals surface area contributed by atoms with E-state index in [-0.39, 0.29) is 23.9 Å². The van der Waals surface area contributed by atoms with Gasteiger partial charge in [0, 0.05) is 11.1 Å². The van der Waals surface area contributed by atoms with Crippen LogP contribution in [-0.2, 0) is 9.53 Å². The summed E-state index contributed by atoms with van der Waals surface area (Å²) in [6, 6.07) is 7.59. The van der Waals surface area contributed by atoms with Gasteiger partial charge in [0.15, 0.2) is 0 Å². The van der Waals surface area contributed by atoms with Gasteiger partial charge in [-0.2, -0.15) is 0 Å². The molecule has 0 saturated carbocycles. The van der Waals surface area contributed by atoms with Crippen LogP contribution in [0.2, 0.25) is 5.02 Å². The molecule has 1 aromatic rings. The van der Waals surface area contributed by atoms with Gasteiger partial charge in [0.1, 0.15) is 0 Å². The second-order valence-corrected chi connectivity index (χ2v) is 5.53. The molecule has 1 saturated heterocycles. The van der Waals surface area contributed by atoms with E-state index in [2.05, 4.69) is 10.6 Å². The molecule has 2 rings (SSSR count). The summed E-state index contributed by atoms with van der Waals surface area (Å²) in [6.45, 7) is 5.90. The van der Waals surface area contributed by atoms with Crippen LogP contribution in [0.3, 0.4) is 0 Å². The number of amides is 1. The molecule has 110 valence electrons. The molecule has 0 aromatic heterocycles. The fourth-order valence-electron chi connectivity index (χ4n) is 2.46. The van der Waals surface area contributed by atoms with Crippen molar-refractivity contribution in [1.82, 2.24) is 10.6 Å². The number of nitrogens with one attached hydrogen (secondary N) is 2. The Labute approximate surface area is 124 Å². The molecule has 0 bridgehead atoms. The highest BCUT2D eigenvalue weighted by Gasteiger charge is 2.33. The average molecular weight is 297 g/mol. The van der Waals surface area contributed by atoms with Crippen LogP contribution in [0.15, 0.2) is 24.3 Å². The number of likely N-dealkylation sites (N-methyl/N-ethyl adjacent to an activating group) is 1. The van der Waals surface area contributed by atoms with E-state index >= 15 is 0 Å². The van der Waals surface area contributed by atoms with Crippen molar-refractivity contribution in [3.05, 3.63) is 34.9 Å².